The van der Waals surface area contributed by atoms with Crippen LogP contribution >= 0.6 is 0 Å². The summed E-state index contributed by atoms with van der Waals surface area (Å²) in [5, 5.41) is 22.4. The Labute approximate surface area is 107 Å². The van der Waals surface area contributed by atoms with Crippen LogP contribution in [0.3, 0.4) is 0 Å². The Hall–Kier alpha value is -1.43. The summed E-state index contributed by atoms with van der Waals surface area (Å²) in [6.07, 6.45) is -1.91. The van der Waals surface area contributed by atoms with Crippen LogP contribution in [0.5, 0.6) is 0 Å². The van der Waals surface area contributed by atoms with Crippen molar-refractivity contribution < 1.29 is 15.0 Å². The van der Waals surface area contributed by atoms with E-state index in [-0.39, 0.29) is 12.5 Å². The Bertz CT molecular complexity index is 407. The lowest BCUT2D eigenvalue weighted by Gasteiger charge is -2.19. The zero-order valence-corrected chi connectivity index (χ0v) is 10.9. The standard InChI is InChI=1S/C13H20N2O3/c1-14-8-11(16)12(17)9-5-4-6-10(7-9)13(18)15(2)3/h4-7,11-12,14,16-17H,8H2,1-3H3. The summed E-state index contributed by atoms with van der Waals surface area (Å²) in [4.78, 5) is 13.3. The zero-order valence-electron chi connectivity index (χ0n) is 10.9. The van der Waals surface area contributed by atoms with E-state index in [1.807, 2.05) is 0 Å². The first-order valence-corrected chi connectivity index (χ1v) is 5.79. The monoisotopic (exact) mass is 252 g/mol. The summed E-state index contributed by atoms with van der Waals surface area (Å²) in [7, 11) is 5.03. The normalized spacial score (nSPS) is 14.1. The van der Waals surface area contributed by atoms with E-state index < -0.39 is 12.2 Å². The second-order valence-corrected chi connectivity index (χ2v) is 4.39. The van der Waals surface area contributed by atoms with Gasteiger partial charge < -0.3 is 20.4 Å². The Balaban J connectivity index is 2.91. The Morgan fingerprint density at radius 3 is 2.61 bits per heavy atom. The maximum absolute atomic E-state index is 11.8. The average molecular weight is 252 g/mol. The van der Waals surface area contributed by atoms with E-state index >= 15 is 0 Å². The molecule has 0 aliphatic heterocycles. The van der Waals surface area contributed by atoms with Crippen LogP contribution in [0.2, 0.25) is 0 Å². The number of carbonyl (C=O) groups is 1. The maximum Gasteiger partial charge on any atom is 0.253 e. The minimum atomic E-state index is -1.01. The van der Waals surface area contributed by atoms with Gasteiger partial charge >= 0.3 is 0 Å². The smallest absolute Gasteiger partial charge is 0.253 e. The number of nitrogens with zero attached hydrogens (tertiary/aromatic N) is 1. The zero-order chi connectivity index (χ0) is 13.7. The summed E-state index contributed by atoms with van der Waals surface area (Å²) in [5.74, 6) is -0.132. The lowest BCUT2D eigenvalue weighted by molar-refractivity contribution is 0.0202. The van der Waals surface area contributed by atoms with E-state index in [1.165, 1.54) is 4.90 Å². The summed E-state index contributed by atoms with van der Waals surface area (Å²) < 4.78 is 0. The molecule has 3 N–H and O–H groups in total. The van der Waals surface area contributed by atoms with E-state index in [2.05, 4.69) is 5.32 Å². The summed E-state index contributed by atoms with van der Waals surface area (Å²) in [5.41, 5.74) is 1.03. The second-order valence-electron chi connectivity index (χ2n) is 4.39. The van der Waals surface area contributed by atoms with Crippen LogP contribution in [-0.4, -0.2) is 54.8 Å². The molecule has 5 heteroatoms. The molecular weight excluding hydrogens is 232 g/mol. The van der Waals surface area contributed by atoms with E-state index in [9.17, 15) is 15.0 Å². The van der Waals surface area contributed by atoms with Crippen LogP contribution in [0, 0.1) is 0 Å². The van der Waals surface area contributed by atoms with Crippen LogP contribution in [0.25, 0.3) is 0 Å². The van der Waals surface area contributed by atoms with Gasteiger partial charge in [0, 0.05) is 26.2 Å². The van der Waals surface area contributed by atoms with Gasteiger partial charge in [-0.2, -0.15) is 0 Å². The summed E-state index contributed by atoms with van der Waals surface area (Å²) in [6, 6.07) is 6.67. The van der Waals surface area contributed by atoms with Crippen molar-refractivity contribution in [1.29, 1.82) is 0 Å². The van der Waals surface area contributed by atoms with Gasteiger partial charge in [0.1, 0.15) is 6.10 Å². The molecular formula is C13H20N2O3. The van der Waals surface area contributed by atoms with Gasteiger partial charge in [-0.05, 0) is 24.7 Å². The second kappa shape index (κ2) is 6.49. The van der Waals surface area contributed by atoms with E-state index in [4.69, 9.17) is 0 Å². The van der Waals surface area contributed by atoms with Crippen LogP contribution in [0.15, 0.2) is 24.3 Å². The van der Waals surface area contributed by atoms with Crippen molar-refractivity contribution in [1.82, 2.24) is 10.2 Å². The van der Waals surface area contributed by atoms with Crippen molar-refractivity contribution in [3.63, 3.8) is 0 Å². The first-order valence-electron chi connectivity index (χ1n) is 5.79. The molecule has 0 aliphatic carbocycles. The topological polar surface area (TPSA) is 72.8 Å². The molecule has 0 aromatic heterocycles. The number of carbonyl (C=O) groups excluding carboxylic acids is 1. The van der Waals surface area contributed by atoms with Crippen molar-refractivity contribution in [2.24, 2.45) is 0 Å². The summed E-state index contributed by atoms with van der Waals surface area (Å²) >= 11 is 0. The largest absolute Gasteiger partial charge is 0.389 e. The highest BCUT2D eigenvalue weighted by Crippen LogP contribution is 2.18. The third-order valence-electron chi connectivity index (χ3n) is 2.66. The highest BCUT2D eigenvalue weighted by Gasteiger charge is 2.19. The Morgan fingerprint density at radius 2 is 2.06 bits per heavy atom. The van der Waals surface area contributed by atoms with Gasteiger partial charge in [0.2, 0.25) is 0 Å². The molecule has 18 heavy (non-hydrogen) atoms. The van der Waals surface area contributed by atoms with Gasteiger partial charge in [-0.3, -0.25) is 4.79 Å². The fourth-order valence-corrected chi connectivity index (χ4v) is 1.66. The molecule has 0 saturated carbocycles. The minimum Gasteiger partial charge on any atom is -0.389 e. The van der Waals surface area contributed by atoms with Gasteiger partial charge in [0.15, 0.2) is 0 Å². The number of rotatable bonds is 5. The van der Waals surface area contributed by atoms with Crippen molar-refractivity contribution in [3.05, 3.63) is 35.4 Å². The van der Waals surface area contributed by atoms with Gasteiger partial charge in [-0.1, -0.05) is 12.1 Å². The molecule has 5 nitrogen and oxygen atoms in total. The van der Waals surface area contributed by atoms with Crippen molar-refractivity contribution in [2.45, 2.75) is 12.2 Å². The van der Waals surface area contributed by atoms with Crippen molar-refractivity contribution in [2.75, 3.05) is 27.7 Å². The van der Waals surface area contributed by atoms with Crippen molar-refractivity contribution >= 4 is 5.91 Å². The molecule has 1 aromatic rings. The van der Waals surface area contributed by atoms with Gasteiger partial charge in [-0.15, -0.1) is 0 Å². The fourth-order valence-electron chi connectivity index (χ4n) is 1.66. The molecule has 1 aromatic carbocycles. The predicted octanol–water partition coefficient (Wildman–Crippen LogP) is 0.00210. The predicted molar refractivity (Wildman–Crippen MR) is 69.4 cm³/mol. The lowest BCUT2D eigenvalue weighted by Crippen LogP contribution is -2.29. The molecule has 0 heterocycles. The third-order valence-corrected chi connectivity index (χ3v) is 2.66. The van der Waals surface area contributed by atoms with Crippen LogP contribution in [0.1, 0.15) is 22.0 Å². The first kappa shape index (κ1) is 14.6. The molecule has 0 saturated heterocycles. The Morgan fingerprint density at radius 1 is 1.39 bits per heavy atom. The van der Waals surface area contributed by atoms with E-state index in [1.54, 1.807) is 45.4 Å². The number of hydrogen-bond donors (Lipinski definition) is 3. The highest BCUT2D eigenvalue weighted by molar-refractivity contribution is 5.94. The first-order chi connectivity index (χ1) is 8.47. The third kappa shape index (κ3) is 3.53. The molecule has 1 amide bonds. The molecule has 0 bridgehead atoms. The van der Waals surface area contributed by atoms with E-state index in [0.717, 1.165) is 0 Å². The maximum atomic E-state index is 11.8. The van der Waals surface area contributed by atoms with Crippen LogP contribution in [0.4, 0.5) is 0 Å². The molecule has 0 spiro atoms. The van der Waals surface area contributed by atoms with Crippen molar-refractivity contribution in [3.8, 4) is 0 Å². The minimum absolute atomic E-state index is 0.132. The Kier molecular flexibility index (Phi) is 5.27. The van der Waals surface area contributed by atoms with Gasteiger partial charge in [-0.25, -0.2) is 0 Å². The summed E-state index contributed by atoms with van der Waals surface area (Å²) in [6.45, 7) is 0.285. The molecule has 0 aliphatic rings. The molecule has 2 unspecified atom stereocenters. The van der Waals surface area contributed by atoms with Gasteiger partial charge in [0.25, 0.3) is 5.91 Å². The molecule has 1 rings (SSSR count). The van der Waals surface area contributed by atoms with E-state index in [0.29, 0.717) is 11.1 Å². The van der Waals surface area contributed by atoms with Gasteiger partial charge in [0.05, 0.1) is 6.10 Å². The number of hydrogen-bond acceptors (Lipinski definition) is 4. The molecule has 0 fully saturated rings. The number of aliphatic hydroxyl groups excluding tert-OH is 2. The fraction of sp³-hybridized carbons (Fsp3) is 0.462. The average Bonchev–Trinajstić information content (AvgIpc) is 2.37. The number of nitrogens with one attached hydrogen (secondary N) is 1. The highest BCUT2D eigenvalue weighted by atomic mass is 16.3. The molecule has 100 valence electrons. The van der Waals surface area contributed by atoms with Crippen LogP contribution < -0.4 is 5.32 Å². The number of amides is 1. The number of benzene rings is 1. The van der Waals surface area contributed by atoms with Crippen LogP contribution in [-0.2, 0) is 0 Å². The number of likely N-dealkylation sites (N-methyl/N-ethyl adjacent to an activating group) is 1. The molecule has 2 atom stereocenters. The molecule has 0 radical (unpaired) electrons. The quantitative estimate of drug-likeness (QED) is 0.690. The lowest BCUT2D eigenvalue weighted by atomic mass is 10.0. The SMILES string of the molecule is CNCC(O)C(O)c1cccc(C(=O)N(C)C)c1. The number of aliphatic hydroxyl groups is 2.